The number of Topliss-reactive ketones (excluding diaryl/α,β-unsaturated/α-hetero) is 1. The molecule has 7 rings (SSSR count). The number of aliphatic hydroxyl groups is 1. The van der Waals surface area contributed by atoms with E-state index < -0.39 is 34.4 Å². The van der Waals surface area contributed by atoms with E-state index in [1.165, 1.54) is 12.1 Å². The van der Waals surface area contributed by atoms with Crippen LogP contribution in [0.2, 0.25) is 0 Å². The van der Waals surface area contributed by atoms with Gasteiger partial charge in [-0.15, -0.1) is 0 Å². The highest BCUT2D eigenvalue weighted by Crippen LogP contribution is 2.54. The molecule has 2 amide bonds. The van der Waals surface area contributed by atoms with Gasteiger partial charge in [-0.2, -0.15) is 0 Å². The maximum absolute atomic E-state index is 14.9. The Hall–Kier alpha value is -5.17. The van der Waals surface area contributed by atoms with Gasteiger partial charge >= 0.3 is 5.91 Å². The van der Waals surface area contributed by atoms with Crippen LogP contribution in [0.1, 0.15) is 30.5 Å². The zero-order chi connectivity index (χ0) is 28.7. The standard InChI is InChI=1S/C34H26N2O5/c1-33(2)18-24-22-13-7-6-10-20(22)16-17-23(24)26-19-34(32(41)36(26)33)28(29(38)21-11-4-3-5-12-21)30(39)31(40)35(34)25-14-8-9-15-27(25)37/h3-17,19,37-38H,18H2,1-2H3/b29-28-. The Kier molecular flexibility index (Phi) is 5.10. The fourth-order valence-electron chi connectivity index (χ4n) is 6.66. The first-order valence-corrected chi connectivity index (χ1v) is 13.4. The number of aliphatic hydroxyl groups excluding tert-OH is 1. The SMILES string of the molecule is CC1(C)Cc2c(ccc3ccccc23)C2=CC3(C(=O)N21)/C(=C(\O)c1ccccc1)C(=O)C(=O)N3c1ccccc1O. The van der Waals surface area contributed by atoms with Crippen molar-refractivity contribution in [3.05, 3.63) is 119 Å². The Morgan fingerprint density at radius 1 is 0.805 bits per heavy atom. The molecule has 4 aromatic rings. The van der Waals surface area contributed by atoms with Gasteiger partial charge in [0.1, 0.15) is 11.5 Å². The molecule has 7 heteroatoms. The number of aromatic hydroxyl groups is 1. The lowest BCUT2D eigenvalue weighted by atomic mass is 9.82. The summed E-state index contributed by atoms with van der Waals surface area (Å²) >= 11 is 0. The number of carbonyl (C=O) groups is 3. The number of phenolic OH excluding ortho intramolecular Hbond substituents is 1. The minimum absolute atomic E-state index is 0.00306. The lowest BCUT2D eigenvalue weighted by molar-refractivity contribution is -0.134. The number of hydrogen-bond acceptors (Lipinski definition) is 5. The molecule has 0 saturated carbocycles. The topological polar surface area (TPSA) is 98.2 Å². The van der Waals surface area contributed by atoms with Crippen LogP contribution in [0.15, 0.2) is 103 Å². The zero-order valence-corrected chi connectivity index (χ0v) is 22.5. The molecule has 1 atom stereocenters. The average Bonchev–Trinajstić information content (AvgIpc) is 3.39. The molecule has 41 heavy (non-hydrogen) atoms. The molecule has 0 aromatic heterocycles. The summed E-state index contributed by atoms with van der Waals surface area (Å²) in [7, 11) is 0. The molecule has 3 heterocycles. The van der Waals surface area contributed by atoms with Crippen molar-refractivity contribution >= 4 is 45.5 Å². The van der Waals surface area contributed by atoms with Crippen LogP contribution in [0.3, 0.4) is 0 Å². The molecule has 2 N–H and O–H groups in total. The molecule has 3 aliphatic heterocycles. The van der Waals surface area contributed by atoms with Crippen LogP contribution in [-0.2, 0) is 20.8 Å². The number of anilines is 1. The number of phenols is 1. The molecule has 1 spiro atoms. The second-order valence-electron chi connectivity index (χ2n) is 11.3. The normalized spacial score (nSPS) is 22.3. The number of rotatable bonds is 2. The molecule has 0 bridgehead atoms. The van der Waals surface area contributed by atoms with Gasteiger partial charge in [0.05, 0.1) is 17.0 Å². The third-order valence-electron chi connectivity index (χ3n) is 8.41. The van der Waals surface area contributed by atoms with Gasteiger partial charge in [-0.3, -0.25) is 19.3 Å². The molecular formula is C34H26N2O5. The second kappa shape index (κ2) is 8.41. The molecule has 1 fully saturated rings. The molecule has 202 valence electrons. The largest absolute Gasteiger partial charge is 0.507 e. The van der Waals surface area contributed by atoms with Crippen LogP contribution in [0, 0.1) is 0 Å². The van der Waals surface area contributed by atoms with E-state index in [1.807, 2.05) is 44.2 Å². The Balaban J connectivity index is 1.59. The molecular weight excluding hydrogens is 516 g/mol. The maximum atomic E-state index is 14.9. The Labute approximate surface area is 236 Å². The van der Waals surface area contributed by atoms with Gasteiger partial charge in [-0.05, 0) is 54.8 Å². The number of para-hydroxylation sites is 2. The first kappa shape index (κ1) is 24.8. The molecule has 1 saturated heterocycles. The predicted molar refractivity (Wildman–Crippen MR) is 156 cm³/mol. The fraction of sp³-hybridized carbons (Fsp3) is 0.147. The van der Waals surface area contributed by atoms with E-state index in [9.17, 15) is 24.6 Å². The summed E-state index contributed by atoms with van der Waals surface area (Å²) in [5.74, 6) is -3.28. The third kappa shape index (κ3) is 3.23. The summed E-state index contributed by atoms with van der Waals surface area (Å²) in [6.45, 7) is 3.90. The minimum atomic E-state index is -2.02. The van der Waals surface area contributed by atoms with Gasteiger partial charge in [0.15, 0.2) is 5.54 Å². The highest BCUT2D eigenvalue weighted by Gasteiger charge is 2.67. The summed E-state index contributed by atoms with van der Waals surface area (Å²) in [5.41, 5.74) is -0.371. The van der Waals surface area contributed by atoms with Crippen LogP contribution in [0.4, 0.5) is 5.69 Å². The van der Waals surface area contributed by atoms with Crippen molar-refractivity contribution in [2.24, 2.45) is 0 Å². The lowest BCUT2D eigenvalue weighted by Crippen LogP contribution is -2.58. The summed E-state index contributed by atoms with van der Waals surface area (Å²) in [5, 5.41) is 24.6. The van der Waals surface area contributed by atoms with Gasteiger partial charge in [0.25, 0.3) is 11.7 Å². The van der Waals surface area contributed by atoms with E-state index in [1.54, 1.807) is 53.4 Å². The van der Waals surface area contributed by atoms with Crippen molar-refractivity contribution in [2.75, 3.05) is 4.90 Å². The molecule has 0 aliphatic carbocycles. The summed E-state index contributed by atoms with van der Waals surface area (Å²) < 4.78 is 0. The number of amides is 2. The van der Waals surface area contributed by atoms with E-state index >= 15 is 0 Å². The number of ketones is 1. The monoisotopic (exact) mass is 542 g/mol. The van der Waals surface area contributed by atoms with E-state index in [4.69, 9.17) is 0 Å². The van der Waals surface area contributed by atoms with Gasteiger partial charge in [-0.1, -0.05) is 78.9 Å². The van der Waals surface area contributed by atoms with E-state index in [2.05, 4.69) is 6.07 Å². The van der Waals surface area contributed by atoms with Crippen molar-refractivity contribution in [1.29, 1.82) is 0 Å². The molecule has 4 aromatic carbocycles. The molecule has 1 unspecified atom stereocenters. The van der Waals surface area contributed by atoms with Crippen molar-refractivity contribution in [1.82, 2.24) is 4.90 Å². The Bertz CT molecular complexity index is 1890. The van der Waals surface area contributed by atoms with Crippen molar-refractivity contribution in [3.8, 4) is 5.75 Å². The van der Waals surface area contributed by atoms with Gasteiger partial charge in [0, 0.05) is 16.7 Å². The van der Waals surface area contributed by atoms with Crippen LogP contribution in [-0.4, -0.2) is 43.8 Å². The van der Waals surface area contributed by atoms with Gasteiger partial charge < -0.3 is 15.1 Å². The van der Waals surface area contributed by atoms with E-state index in [-0.39, 0.29) is 17.0 Å². The minimum Gasteiger partial charge on any atom is -0.507 e. The first-order chi connectivity index (χ1) is 19.7. The zero-order valence-electron chi connectivity index (χ0n) is 22.5. The number of nitrogens with zero attached hydrogens (tertiary/aromatic N) is 2. The molecule has 3 aliphatic rings. The second-order valence-corrected chi connectivity index (χ2v) is 11.3. The van der Waals surface area contributed by atoms with Gasteiger partial charge in [-0.25, -0.2) is 0 Å². The average molecular weight is 543 g/mol. The van der Waals surface area contributed by atoms with E-state index in [0.29, 0.717) is 17.7 Å². The third-order valence-corrected chi connectivity index (χ3v) is 8.41. The lowest BCUT2D eigenvalue weighted by Gasteiger charge is -2.44. The Morgan fingerprint density at radius 2 is 1.49 bits per heavy atom. The number of benzene rings is 4. The highest BCUT2D eigenvalue weighted by atomic mass is 16.3. The van der Waals surface area contributed by atoms with Crippen LogP contribution < -0.4 is 4.90 Å². The van der Waals surface area contributed by atoms with Crippen LogP contribution in [0.25, 0.3) is 22.2 Å². The molecule has 0 radical (unpaired) electrons. The smallest absolute Gasteiger partial charge is 0.300 e. The number of fused-ring (bicyclic) bond motifs is 5. The van der Waals surface area contributed by atoms with Crippen LogP contribution in [0.5, 0.6) is 5.75 Å². The van der Waals surface area contributed by atoms with E-state index in [0.717, 1.165) is 26.8 Å². The van der Waals surface area contributed by atoms with Crippen molar-refractivity contribution < 1.29 is 24.6 Å². The number of hydrogen-bond donors (Lipinski definition) is 2. The highest BCUT2D eigenvalue weighted by molar-refractivity contribution is 6.55. The maximum Gasteiger partial charge on any atom is 0.300 e. The summed E-state index contributed by atoms with van der Waals surface area (Å²) in [4.78, 5) is 45.2. The summed E-state index contributed by atoms with van der Waals surface area (Å²) in [6, 6.07) is 26.5. The first-order valence-electron chi connectivity index (χ1n) is 13.4. The molecule has 7 nitrogen and oxygen atoms in total. The summed E-state index contributed by atoms with van der Waals surface area (Å²) in [6.07, 6.45) is 2.15. The fourth-order valence-corrected chi connectivity index (χ4v) is 6.66. The Morgan fingerprint density at radius 3 is 2.24 bits per heavy atom. The van der Waals surface area contributed by atoms with Crippen molar-refractivity contribution in [3.63, 3.8) is 0 Å². The van der Waals surface area contributed by atoms with Crippen LogP contribution >= 0.6 is 0 Å². The predicted octanol–water partition coefficient (Wildman–Crippen LogP) is 5.39. The van der Waals surface area contributed by atoms with Gasteiger partial charge in [0.2, 0.25) is 0 Å². The quantitative estimate of drug-likeness (QED) is 0.201. The van der Waals surface area contributed by atoms with Crippen molar-refractivity contribution in [2.45, 2.75) is 31.3 Å². The number of carbonyl (C=O) groups excluding carboxylic acids is 3.